The average Bonchev–Trinajstić information content (AvgIpc) is 2.75. The Morgan fingerprint density at radius 1 is 0.875 bits per heavy atom. The molecule has 3 rings (SSSR count). The lowest BCUT2D eigenvalue weighted by Crippen LogP contribution is -2.25. The lowest BCUT2D eigenvalue weighted by Gasteiger charge is -2.27. The molecule has 0 bridgehead atoms. The average molecular weight is 458 g/mol. The van der Waals surface area contributed by atoms with Crippen molar-refractivity contribution < 1.29 is 36.2 Å². The van der Waals surface area contributed by atoms with Crippen molar-refractivity contribution >= 4 is 5.97 Å². The molecule has 0 saturated heterocycles. The molecule has 0 atom stereocenters. The number of carbonyl (C=O) groups excluding carboxylic acids is 1. The van der Waals surface area contributed by atoms with Crippen molar-refractivity contribution in [2.75, 3.05) is 0 Å². The van der Waals surface area contributed by atoms with Crippen LogP contribution in [0.25, 0.3) is 0 Å². The van der Waals surface area contributed by atoms with E-state index in [0.29, 0.717) is 42.7 Å². The van der Waals surface area contributed by atoms with Gasteiger partial charge in [-0.1, -0.05) is 18.2 Å². The molecule has 2 aliphatic carbocycles. The van der Waals surface area contributed by atoms with Crippen LogP contribution in [0.4, 0.5) is 22.0 Å². The Kier molecular flexibility index (Phi) is 7.96. The number of esters is 1. The summed E-state index contributed by atoms with van der Waals surface area (Å²) in [6, 6.07) is 1.02. The van der Waals surface area contributed by atoms with Crippen LogP contribution in [-0.2, 0) is 4.79 Å². The highest BCUT2D eigenvalue weighted by atomic mass is 19.4. The molecule has 1 aromatic rings. The van der Waals surface area contributed by atoms with Crippen LogP contribution in [0, 0.1) is 35.3 Å². The normalized spacial score (nSPS) is 26.7. The summed E-state index contributed by atoms with van der Waals surface area (Å²) in [5, 5.41) is 0. The van der Waals surface area contributed by atoms with Crippen LogP contribution in [0.2, 0.25) is 0 Å². The Bertz CT molecular complexity index is 810. The van der Waals surface area contributed by atoms with Gasteiger partial charge in [0.1, 0.15) is 5.75 Å². The first-order valence-electron chi connectivity index (χ1n) is 10.9. The Morgan fingerprint density at radius 2 is 1.34 bits per heavy atom. The highest BCUT2D eigenvalue weighted by Crippen LogP contribution is 2.35. The van der Waals surface area contributed by atoms with E-state index in [4.69, 9.17) is 4.74 Å². The van der Waals surface area contributed by atoms with E-state index < -0.39 is 41.4 Å². The van der Waals surface area contributed by atoms with E-state index in [1.807, 2.05) is 6.08 Å². The van der Waals surface area contributed by atoms with E-state index in [2.05, 4.69) is 23.5 Å². The van der Waals surface area contributed by atoms with Crippen molar-refractivity contribution in [3.63, 3.8) is 0 Å². The third-order valence-corrected chi connectivity index (χ3v) is 6.32. The summed E-state index contributed by atoms with van der Waals surface area (Å²) in [6.07, 6.45) is 8.76. The maximum Gasteiger partial charge on any atom is 0.573 e. The fraction of sp³-hybridized carbons (Fsp3) is 0.542. The van der Waals surface area contributed by atoms with Crippen LogP contribution in [0.5, 0.6) is 11.5 Å². The zero-order valence-electron chi connectivity index (χ0n) is 17.7. The molecule has 2 aliphatic rings. The number of alkyl halides is 3. The highest BCUT2D eigenvalue weighted by Gasteiger charge is 2.34. The number of benzene rings is 1. The first kappa shape index (κ1) is 24.3. The van der Waals surface area contributed by atoms with E-state index in [0.717, 1.165) is 25.7 Å². The Balaban J connectivity index is 1.48. The van der Waals surface area contributed by atoms with Crippen LogP contribution >= 0.6 is 0 Å². The third kappa shape index (κ3) is 6.81. The van der Waals surface area contributed by atoms with Crippen molar-refractivity contribution in [2.45, 2.75) is 57.7 Å². The predicted octanol–water partition coefficient (Wildman–Crippen LogP) is 7.12. The fourth-order valence-electron chi connectivity index (χ4n) is 4.44. The number of hydrogen-bond acceptors (Lipinski definition) is 3. The lowest BCUT2D eigenvalue weighted by atomic mass is 9.79. The molecule has 0 aliphatic heterocycles. The number of halogens is 5. The number of ether oxygens (including phenoxy) is 2. The monoisotopic (exact) mass is 458 g/mol. The van der Waals surface area contributed by atoms with Gasteiger partial charge in [0.15, 0.2) is 11.6 Å². The molecule has 0 heterocycles. The van der Waals surface area contributed by atoms with Crippen molar-refractivity contribution in [1.29, 1.82) is 0 Å². The van der Waals surface area contributed by atoms with Crippen LogP contribution in [-0.4, -0.2) is 12.3 Å². The molecule has 2 fully saturated rings. The van der Waals surface area contributed by atoms with E-state index in [-0.39, 0.29) is 0 Å². The lowest BCUT2D eigenvalue weighted by molar-refractivity contribution is -0.276. The van der Waals surface area contributed by atoms with Gasteiger partial charge in [-0.2, -0.15) is 0 Å². The number of allylic oxidation sites excluding steroid dienone is 3. The van der Waals surface area contributed by atoms with Gasteiger partial charge in [0.25, 0.3) is 0 Å². The maximum atomic E-state index is 13.8. The second-order valence-corrected chi connectivity index (χ2v) is 8.59. The summed E-state index contributed by atoms with van der Waals surface area (Å²) in [6.45, 7) is 3.86. The van der Waals surface area contributed by atoms with Crippen molar-refractivity contribution in [2.24, 2.45) is 23.7 Å². The standard InChI is InChI=1S/C24H27F5O3/c1-2-15-3-5-16(6-4-15)7-8-17-9-11-18(12-10-17)23(30)31-19-13-20(25)22(21(26)14-19)32-24(27,28)29/h2,7-8,13-18H,1,3-6,9-12H2. The van der Waals surface area contributed by atoms with Crippen molar-refractivity contribution in [3.8, 4) is 11.5 Å². The van der Waals surface area contributed by atoms with Gasteiger partial charge in [-0.05, 0) is 69.1 Å². The van der Waals surface area contributed by atoms with Gasteiger partial charge in [0, 0.05) is 12.1 Å². The van der Waals surface area contributed by atoms with E-state index in [9.17, 15) is 26.7 Å². The smallest absolute Gasteiger partial charge is 0.426 e. The Labute approximate surface area is 184 Å². The predicted molar refractivity (Wildman–Crippen MR) is 109 cm³/mol. The molecule has 176 valence electrons. The highest BCUT2D eigenvalue weighted by molar-refractivity contribution is 5.75. The summed E-state index contributed by atoms with van der Waals surface area (Å²) >= 11 is 0. The molecule has 0 spiro atoms. The second-order valence-electron chi connectivity index (χ2n) is 8.59. The van der Waals surface area contributed by atoms with Gasteiger partial charge in [0.2, 0.25) is 5.75 Å². The summed E-state index contributed by atoms with van der Waals surface area (Å²) in [5.41, 5.74) is 0. The van der Waals surface area contributed by atoms with Crippen molar-refractivity contribution in [3.05, 3.63) is 48.6 Å². The van der Waals surface area contributed by atoms with E-state index in [1.54, 1.807) is 0 Å². The number of rotatable bonds is 6. The molecule has 0 N–H and O–H groups in total. The molecule has 1 aromatic carbocycles. The summed E-state index contributed by atoms with van der Waals surface area (Å²) in [5.74, 6) is -4.73. The van der Waals surface area contributed by atoms with Crippen LogP contribution < -0.4 is 9.47 Å². The molecule has 0 radical (unpaired) electrons. The first-order valence-corrected chi connectivity index (χ1v) is 10.9. The molecule has 2 saturated carbocycles. The minimum absolute atomic E-state index is 0.380. The minimum atomic E-state index is -5.24. The largest absolute Gasteiger partial charge is 0.573 e. The molecule has 0 unspecified atom stereocenters. The zero-order chi connectivity index (χ0) is 23.3. The van der Waals surface area contributed by atoms with Gasteiger partial charge in [0.05, 0.1) is 5.92 Å². The summed E-state index contributed by atoms with van der Waals surface area (Å²) < 4.78 is 72.6. The van der Waals surface area contributed by atoms with Gasteiger partial charge >= 0.3 is 12.3 Å². The maximum absolute atomic E-state index is 13.8. The molecular weight excluding hydrogens is 431 g/mol. The van der Waals surface area contributed by atoms with Crippen LogP contribution in [0.15, 0.2) is 36.9 Å². The first-order chi connectivity index (χ1) is 15.1. The van der Waals surface area contributed by atoms with Crippen molar-refractivity contribution in [1.82, 2.24) is 0 Å². The van der Waals surface area contributed by atoms with Crippen LogP contribution in [0.3, 0.4) is 0 Å². The van der Waals surface area contributed by atoms with E-state index in [1.165, 1.54) is 12.8 Å². The van der Waals surface area contributed by atoms with Gasteiger partial charge in [-0.3, -0.25) is 4.79 Å². The Hall–Kier alpha value is -2.38. The fourth-order valence-corrected chi connectivity index (χ4v) is 4.44. The molecule has 3 nitrogen and oxygen atoms in total. The van der Waals surface area contributed by atoms with Gasteiger partial charge in [-0.25, -0.2) is 8.78 Å². The third-order valence-electron chi connectivity index (χ3n) is 6.32. The number of hydrogen-bond donors (Lipinski definition) is 0. The van der Waals surface area contributed by atoms with E-state index >= 15 is 0 Å². The Morgan fingerprint density at radius 3 is 1.81 bits per heavy atom. The number of carbonyl (C=O) groups is 1. The molecule has 32 heavy (non-hydrogen) atoms. The molecule has 8 heteroatoms. The summed E-state index contributed by atoms with van der Waals surface area (Å²) in [7, 11) is 0. The van der Waals surface area contributed by atoms with Crippen LogP contribution in [0.1, 0.15) is 51.4 Å². The summed E-state index contributed by atoms with van der Waals surface area (Å²) in [4.78, 5) is 12.4. The quantitative estimate of drug-likeness (QED) is 0.197. The SMILES string of the molecule is C=CC1CCC(C=CC2CCC(C(=O)Oc3cc(F)c(OC(F)(F)F)c(F)c3)CC2)CC1. The topological polar surface area (TPSA) is 35.5 Å². The zero-order valence-corrected chi connectivity index (χ0v) is 17.7. The van der Waals surface area contributed by atoms with Gasteiger partial charge < -0.3 is 9.47 Å². The minimum Gasteiger partial charge on any atom is -0.426 e. The molecule has 0 aromatic heterocycles. The van der Waals surface area contributed by atoms with Gasteiger partial charge in [-0.15, -0.1) is 19.8 Å². The molecule has 0 amide bonds. The second kappa shape index (κ2) is 10.5. The molecular formula is C24H27F5O3.